The number of likely N-dealkylation sites (tertiary alicyclic amines) is 1. The molecule has 3 amide bonds. The Bertz CT molecular complexity index is 792. The second-order valence-corrected chi connectivity index (χ2v) is 8.62. The summed E-state index contributed by atoms with van der Waals surface area (Å²) in [7, 11) is -3.30. The van der Waals surface area contributed by atoms with Crippen molar-refractivity contribution in [1.82, 2.24) is 4.90 Å². The van der Waals surface area contributed by atoms with E-state index in [-0.39, 0.29) is 35.1 Å². The third-order valence-electron chi connectivity index (χ3n) is 4.80. The molecule has 2 aliphatic rings. The van der Waals surface area contributed by atoms with Crippen LogP contribution in [0.4, 0.5) is 5.69 Å². The third kappa shape index (κ3) is 3.58. The normalized spacial score (nSPS) is 23.5. The van der Waals surface area contributed by atoms with Gasteiger partial charge in [0.2, 0.25) is 17.7 Å². The summed E-state index contributed by atoms with van der Waals surface area (Å²) in [5.41, 5.74) is 0.411. The highest BCUT2D eigenvalue weighted by Gasteiger charge is 2.48. The first kappa shape index (κ1) is 17.6. The number of hydrogen-bond donors (Lipinski definition) is 1. The van der Waals surface area contributed by atoms with Gasteiger partial charge in [-0.25, -0.2) is 8.42 Å². The van der Waals surface area contributed by atoms with E-state index >= 15 is 0 Å². The maximum atomic E-state index is 12.4. The maximum absolute atomic E-state index is 12.4. The van der Waals surface area contributed by atoms with Crippen molar-refractivity contribution in [2.24, 2.45) is 11.8 Å². The number of anilines is 1. The average molecular weight is 364 g/mol. The molecule has 2 atom stereocenters. The predicted octanol–water partition coefficient (Wildman–Crippen LogP) is 1.20. The summed E-state index contributed by atoms with van der Waals surface area (Å²) in [6.07, 6.45) is 4.39. The zero-order valence-electron chi connectivity index (χ0n) is 13.9. The molecule has 1 saturated heterocycles. The first-order valence-corrected chi connectivity index (χ1v) is 10.1. The number of hydrogen-bond acceptors (Lipinski definition) is 5. The molecule has 7 nitrogen and oxygen atoms in total. The van der Waals surface area contributed by atoms with Crippen LogP contribution in [0.5, 0.6) is 0 Å². The quantitative estimate of drug-likeness (QED) is 0.809. The Kier molecular flexibility index (Phi) is 4.64. The molecule has 1 heterocycles. The number of carbonyl (C=O) groups excluding carboxylic acids is 3. The molecule has 2 fully saturated rings. The van der Waals surface area contributed by atoms with E-state index in [9.17, 15) is 22.8 Å². The molecule has 25 heavy (non-hydrogen) atoms. The number of imide groups is 1. The highest BCUT2D eigenvalue weighted by atomic mass is 32.2. The van der Waals surface area contributed by atoms with E-state index in [1.807, 2.05) is 0 Å². The molecule has 1 aromatic carbocycles. The lowest BCUT2D eigenvalue weighted by atomic mass is 9.81. The van der Waals surface area contributed by atoms with Crippen molar-refractivity contribution in [2.45, 2.75) is 30.6 Å². The second-order valence-electron chi connectivity index (χ2n) is 6.60. The van der Waals surface area contributed by atoms with Gasteiger partial charge in [0.25, 0.3) is 0 Å². The lowest BCUT2D eigenvalue weighted by molar-refractivity contribution is -0.142. The van der Waals surface area contributed by atoms with E-state index in [4.69, 9.17) is 0 Å². The summed E-state index contributed by atoms with van der Waals surface area (Å²) in [4.78, 5) is 38.1. The van der Waals surface area contributed by atoms with Gasteiger partial charge in [0.15, 0.2) is 9.84 Å². The number of benzene rings is 1. The van der Waals surface area contributed by atoms with Crippen molar-refractivity contribution in [3.05, 3.63) is 24.3 Å². The number of carbonyl (C=O) groups is 3. The van der Waals surface area contributed by atoms with Crippen LogP contribution in [0.2, 0.25) is 0 Å². The molecule has 0 unspecified atom stereocenters. The van der Waals surface area contributed by atoms with Gasteiger partial charge in [-0.1, -0.05) is 12.8 Å². The topological polar surface area (TPSA) is 101 Å². The molecule has 8 heteroatoms. The second kappa shape index (κ2) is 6.59. The summed E-state index contributed by atoms with van der Waals surface area (Å²) >= 11 is 0. The Morgan fingerprint density at radius 2 is 1.60 bits per heavy atom. The van der Waals surface area contributed by atoms with Crippen LogP contribution in [0, 0.1) is 11.8 Å². The van der Waals surface area contributed by atoms with Crippen molar-refractivity contribution in [2.75, 3.05) is 18.1 Å². The van der Waals surface area contributed by atoms with Crippen LogP contribution in [0.1, 0.15) is 25.7 Å². The van der Waals surface area contributed by atoms with E-state index in [0.717, 1.165) is 24.0 Å². The molecule has 1 aromatic rings. The SMILES string of the molecule is CS(=O)(=O)c1ccc(NC(=O)CN2C(=O)[C@@H]3CCCC[C@H]3C2=O)cc1. The molecule has 134 valence electrons. The number of rotatable bonds is 4. The molecular weight excluding hydrogens is 344 g/mol. The van der Waals surface area contributed by atoms with Gasteiger partial charge in [-0.05, 0) is 37.1 Å². The van der Waals surface area contributed by atoms with Crippen LogP contribution in [0.3, 0.4) is 0 Å². The minimum Gasteiger partial charge on any atom is -0.325 e. The first-order chi connectivity index (χ1) is 11.8. The van der Waals surface area contributed by atoms with Crippen LogP contribution in [0.15, 0.2) is 29.2 Å². The van der Waals surface area contributed by atoms with E-state index in [2.05, 4.69) is 5.32 Å². The molecule has 1 aliphatic carbocycles. The Balaban J connectivity index is 1.64. The zero-order chi connectivity index (χ0) is 18.2. The molecule has 1 saturated carbocycles. The first-order valence-electron chi connectivity index (χ1n) is 8.22. The minimum atomic E-state index is -3.30. The maximum Gasteiger partial charge on any atom is 0.244 e. The molecule has 1 aliphatic heterocycles. The Labute approximate surface area is 146 Å². The minimum absolute atomic E-state index is 0.152. The van der Waals surface area contributed by atoms with Gasteiger partial charge in [0, 0.05) is 11.9 Å². The zero-order valence-corrected chi connectivity index (χ0v) is 14.7. The number of fused-ring (bicyclic) bond motifs is 1. The molecule has 0 spiro atoms. The Morgan fingerprint density at radius 3 is 2.08 bits per heavy atom. The molecule has 0 aromatic heterocycles. The fourth-order valence-corrected chi connectivity index (χ4v) is 4.15. The van der Waals surface area contributed by atoms with E-state index < -0.39 is 15.7 Å². The standard InChI is InChI=1S/C17H20N2O5S/c1-25(23,24)12-8-6-11(7-9-12)18-15(20)10-19-16(21)13-4-2-3-5-14(13)17(19)22/h6-9,13-14H,2-5,10H2,1H3,(H,18,20)/t13-,14-/m1/s1. The van der Waals surface area contributed by atoms with Crippen LogP contribution in [-0.2, 0) is 24.2 Å². The number of nitrogens with one attached hydrogen (secondary N) is 1. The van der Waals surface area contributed by atoms with Crippen LogP contribution >= 0.6 is 0 Å². The van der Waals surface area contributed by atoms with Crippen molar-refractivity contribution in [3.8, 4) is 0 Å². The molecule has 1 N–H and O–H groups in total. The van der Waals surface area contributed by atoms with E-state index in [1.165, 1.54) is 24.3 Å². The van der Waals surface area contributed by atoms with Crippen LogP contribution in [-0.4, -0.2) is 43.8 Å². The molecular formula is C17H20N2O5S. The van der Waals surface area contributed by atoms with Gasteiger partial charge < -0.3 is 5.32 Å². The smallest absolute Gasteiger partial charge is 0.244 e. The average Bonchev–Trinajstić information content (AvgIpc) is 2.80. The van der Waals surface area contributed by atoms with Crippen molar-refractivity contribution < 1.29 is 22.8 Å². The molecule has 3 rings (SSSR count). The van der Waals surface area contributed by atoms with Gasteiger partial charge in [-0.15, -0.1) is 0 Å². The summed E-state index contributed by atoms with van der Waals surface area (Å²) in [5, 5.41) is 2.59. The van der Waals surface area contributed by atoms with Gasteiger partial charge in [0.05, 0.1) is 16.7 Å². The van der Waals surface area contributed by atoms with Gasteiger partial charge >= 0.3 is 0 Å². The highest BCUT2D eigenvalue weighted by molar-refractivity contribution is 7.90. The monoisotopic (exact) mass is 364 g/mol. The summed E-state index contributed by atoms with van der Waals surface area (Å²) in [6.45, 7) is -0.307. The van der Waals surface area contributed by atoms with Crippen LogP contribution in [0.25, 0.3) is 0 Å². The third-order valence-corrected chi connectivity index (χ3v) is 5.93. The van der Waals surface area contributed by atoms with Crippen molar-refractivity contribution >= 4 is 33.2 Å². The van der Waals surface area contributed by atoms with Gasteiger partial charge in [-0.2, -0.15) is 0 Å². The van der Waals surface area contributed by atoms with Crippen molar-refractivity contribution in [3.63, 3.8) is 0 Å². The van der Waals surface area contributed by atoms with Crippen LogP contribution < -0.4 is 5.32 Å². The lowest BCUT2D eigenvalue weighted by Crippen LogP contribution is -2.38. The number of amides is 3. The van der Waals surface area contributed by atoms with E-state index in [0.29, 0.717) is 18.5 Å². The molecule has 0 bridgehead atoms. The summed E-state index contributed by atoms with van der Waals surface area (Å²) < 4.78 is 22.8. The summed E-state index contributed by atoms with van der Waals surface area (Å²) in [6, 6.07) is 5.74. The molecule has 0 radical (unpaired) electrons. The van der Waals surface area contributed by atoms with E-state index in [1.54, 1.807) is 0 Å². The Morgan fingerprint density at radius 1 is 1.08 bits per heavy atom. The Hall–Kier alpha value is -2.22. The van der Waals surface area contributed by atoms with Gasteiger partial charge in [0.1, 0.15) is 6.54 Å². The fraction of sp³-hybridized carbons (Fsp3) is 0.471. The number of nitrogens with zero attached hydrogens (tertiary/aromatic N) is 1. The predicted molar refractivity (Wildman–Crippen MR) is 90.3 cm³/mol. The number of sulfone groups is 1. The lowest BCUT2D eigenvalue weighted by Gasteiger charge is -2.19. The summed E-state index contributed by atoms with van der Waals surface area (Å²) in [5.74, 6) is -1.53. The highest BCUT2D eigenvalue weighted by Crippen LogP contribution is 2.37. The van der Waals surface area contributed by atoms with Gasteiger partial charge in [-0.3, -0.25) is 19.3 Å². The largest absolute Gasteiger partial charge is 0.325 e. The fourth-order valence-electron chi connectivity index (χ4n) is 3.52. The van der Waals surface area contributed by atoms with Crippen molar-refractivity contribution in [1.29, 1.82) is 0 Å².